The lowest BCUT2D eigenvalue weighted by atomic mass is 9.85. The van der Waals surface area contributed by atoms with Gasteiger partial charge in [-0.25, -0.2) is 4.79 Å². The molecule has 3 aliphatic heterocycles. The Hall–Kier alpha value is -2.24. The highest BCUT2D eigenvalue weighted by Gasteiger charge is 2.42. The van der Waals surface area contributed by atoms with Crippen LogP contribution in [0.4, 0.5) is 4.79 Å². The number of hydrogen-bond acceptors (Lipinski definition) is 4. The van der Waals surface area contributed by atoms with Crippen molar-refractivity contribution in [1.82, 2.24) is 10.2 Å². The van der Waals surface area contributed by atoms with Gasteiger partial charge in [-0.15, -0.1) is 0 Å². The lowest BCUT2D eigenvalue weighted by molar-refractivity contribution is -0.0348. The quantitative estimate of drug-likeness (QED) is 0.516. The standard InChI is InChI=1S/C29H35ClN2O3/c1-29(2)15-21-13-20(23-8-6-22(14-25(23)30)34-17-18-3-4-18)5-7-24(21)27(29)31-28(33)35-26-16-32-11-9-19(26)10-12-32/h5-8,13-14,18-19,26-27H,3-4,9-12,15-17H2,1-2H3,(H,31,33)/t26-,27-/m0/s1. The molecule has 0 unspecified atom stereocenters. The minimum atomic E-state index is -0.288. The van der Waals surface area contributed by atoms with Gasteiger partial charge in [0.05, 0.1) is 17.7 Å². The number of amides is 1. The van der Waals surface area contributed by atoms with Gasteiger partial charge in [-0.05, 0) is 97.3 Å². The van der Waals surface area contributed by atoms with E-state index in [0.29, 0.717) is 16.9 Å². The second-order valence-electron chi connectivity index (χ2n) is 11.6. The third-order valence-corrected chi connectivity index (χ3v) is 8.75. The van der Waals surface area contributed by atoms with Gasteiger partial charge in [0.25, 0.3) is 0 Å². The van der Waals surface area contributed by atoms with Crippen LogP contribution in [0.15, 0.2) is 36.4 Å². The van der Waals surface area contributed by atoms with Gasteiger partial charge in [0.1, 0.15) is 11.9 Å². The van der Waals surface area contributed by atoms with Gasteiger partial charge in [0.2, 0.25) is 0 Å². The third kappa shape index (κ3) is 4.77. The van der Waals surface area contributed by atoms with Crippen molar-refractivity contribution in [2.24, 2.45) is 17.3 Å². The van der Waals surface area contributed by atoms with E-state index in [0.717, 1.165) is 62.4 Å². The summed E-state index contributed by atoms with van der Waals surface area (Å²) >= 11 is 6.66. The zero-order chi connectivity index (χ0) is 24.2. The molecule has 2 aromatic carbocycles. The van der Waals surface area contributed by atoms with Gasteiger partial charge >= 0.3 is 6.09 Å². The molecule has 1 N–H and O–H groups in total. The van der Waals surface area contributed by atoms with Crippen molar-refractivity contribution in [2.45, 2.75) is 58.1 Å². The van der Waals surface area contributed by atoms with Gasteiger partial charge in [-0.1, -0.05) is 43.6 Å². The highest BCUT2D eigenvalue weighted by Crippen LogP contribution is 2.47. The van der Waals surface area contributed by atoms with Crippen LogP contribution >= 0.6 is 11.6 Å². The first kappa shape index (κ1) is 23.2. The van der Waals surface area contributed by atoms with Crippen molar-refractivity contribution in [3.05, 3.63) is 52.5 Å². The molecule has 3 saturated heterocycles. The number of nitrogens with zero attached hydrogens (tertiary/aromatic N) is 1. The summed E-state index contributed by atoms with van der Waals surface area (Å²) in [6, 6.07) is 12.4. The minimum absolute atomic E-state index is 0.0160. The van der Waals surface area contributed by atoms with Crippen LogP contribution in [-0.4, -0.2) is 43.3 Å². The average molecular weight is 495 g/mol. The number of benzene rings is 2. The lowest BCUT2D eigenvalue weighted by Gasteiger charge is -2.44. The summed E-state index contributed by atoms with van der Waals surface area (Å²) in [5.41, 5.74) is 4.42. The van der Waals surface area contributed by atoms with E-state index in [4.69, 9.17) is 21.1 Å². The molecule has 5 aliphatic rings. The summed E-state index contributed by atoms with van der Waals surface area (Å²) in [6.45, 7) is 8.35. The Labute approximate surface area is 213 Å². The molecule has 0 spiro atoms. The fourth-order valence-corrected chi connectivity index (χ4v) is 6.43. The van der Waals surface area contributed by atoms with Crippen molar-refractivity contribution in [3.8, 4) is 16.9 Å². The number of rotatable bonds is 6. The van der Waals surface area contributed by atoms with Gasteiger partial charge < -0.3 is 14.8 Å². The number of carbonyl (C=O) groups is 1. The number of nitrogens with one attached hydrogen (secondary N) is 1. The molecule has 6 heteroatoms. The van der Waals surface area contributed by atoms with Crippen LogP contribution in [0.2, 0.25) is 5.02 Å². The van der Waals surface area contributed by atoms with E-state index in [1.165, 1.54) is 24.0 Å². The van der Waals surface area contributed by atoms with E-state index in [-0.39, 0.29) is 23.7 Å². The molecule has 1 amide bonds. The normalized spacial score (nSPS) is 28.4. The second-order valence-corrected chi connectivity index (χ2v) is 12.0. The summed E-state index contributed by atoms with van der Waals surface area (Å²) in [4.78, 5) is 15.3. The van der Waals surface area contributed by atoms with Gasteiger partial charge in [-0.2, -0.15) is 0 Å². The Morgan fingerprint density at radius 3 is 2.60 bits per heavy atom. The van der Waals surface area contributed by atoms with Crippen LogP contribution in [0.1, 0.15) is 56.7 Å². The van der Waals surface area contributed by atoms with Crippen molar-refractivity contribution in [1.29, 1.82) is 0 Å². The van der Waals surface area contributed by atoms with Crippen LogP contribution in [0.3, 0.4) is 0 Å². The zero-order valence-electron chi connectivity index (χ0n) is 20.7. The minimum Gasteiger partial charge on any atom is -0.493 e. The molecule has 2 aliphatic carbocycles. The van der Waals surface area contributed by atoms with Crippen molar-refractivity contribution < 1.29 is 14.3 Å². The molecule has 4 fully saturated rings. The number of halogens is 1. The lowest BCUT2D eigenvalue weighted by Crippen LogP contribution is -2.53. The molecular weight excluding hydrogens is 460 g/mol. The maximum Gasteiger partial charge on any atom is 0.407 e. The average Bonchev–Trinajstić information content (AvgIpc) is 3.63. The SMILES string of the molecule is CC1(C)Cc2cc(-c3ccc(OCC4CC4)cc3Cl)ccc2[C@@H]1NC(=O)O[C@H]1CN2CCC1CC2. The Morgan fingerprint density at radius 2 is 1.91 bits per heavy atom. The fraction of sp³-hybridized carbons (Fsp3) is 0.552. The Kier molecular flexibility index (Phi) is 5.96. The number of carbonyl (C=O) groups excluding carboxylic acids is 1. The number of alkyl carbamates (subject to hydrolysis) is 1. The molecule has 7 rings (SSSR count). The Morgan fingerprint density at radius 1 is 1.11 bits per heavy atom. The first-order chi connectivity index (χ1) is 16.9. The molecule has 3 heterocycles. The highest BCUT2D eigenvalue weighted by molar-refractivity contribution is 6.33. The first-order valence-corrected chi connectivity index (χ1v) is 13.5. The van der Waals surface area contributed by atoms with E-state index in [9.17, 15) is 4.79 Å². The smallest absolute Gasteiger partial charge is 0.407 e. The maximum absolute atomic E-state index is 12.9. The number of fused-ring (bicyclic) bond motifs is 4. The molecule has 2 bridgehead atoms. The van der Waals surface area contributed by atoms with E-state index < -0.39 is 0 Å². The van der Waals surface area contributed by atoms with Gasteiger partial charge in [0, 0.05) is 12.1 Å². The second kappa shape index (κ2) is 9.01. The van der Waals surface area contributed by atoms with Crippen molar-refractivity contribution >= 4 is 17.7 Å². The maximum atomic E-state index is 12.9. The van der Waals surface area contributed by atoms with Crippen LogP contribution in [-0.2, 0) is 11.2 Å². The summed E-state index contributed by atoms with van der Waals surface area (Å²) in [7, 11) is 0. The molecule has 186 valence electrons. The highest BCUT2D eigenvalue weighted by atomic mass is 35.5. The predicted octanol–water partition coefficient (Wildman–Crippen LogP) is 6.24. The molecule has 0 radical (unpaired) electrons. The van der Waals surface area contributed by atoms with Crippen LogP contribution < -0.4 is 10.1 Å². The van der Waals surface area contributed by atoms with Crippen LogP contribution in [0.25, 0.3) is 11.1 Å². The van der Waals surface area contributed by atoms with E-state index in [1.807, 2.05) is 18.2 Å². The van der Waals surface area contributed by atoms with Gasteiger partial charge in [-0.3, -0.25) is 4.90 Å². The fourth-order valence-electron chi connectivity index (χ4n) is 6.15. The molecule has 2 atom stereocenters. The van der Waals surface area contributed by atoms with Gasteiger partial charge in [0.15, 0.2) is 0 Å². The third-order valence-electron chi connectivity index (χ3n) is 8.43. The molecule has 1 saturated carbocycles. The Balaban J connectivity index is 1.16. The molecule has 0 aromatic heterocycles. The van der Waals surface area contributed by atoms with E-state index in [2.05, 4.69) is 42.3 Å². The summed E-state index contributed by atoms with van der Waals surface area (Å²) in [5, 5.41) is 3.92. The monoisotopic (exact) mass is 494 g/mol. The topological polar surface area (TPSA) is 50.8 Å². The van der Waals surface area contributed by atoms with Crippen LogP contribution in [0.5, 0.6) is 5.75 Å². The predicted molar refractivity (Wildman–Crippen MR) is 138 cm³/mol. The Bertz CT molecular complexity index is 1120. The molecule has 35 heavy (non-hydrogen) atoms. The first-order valence-electron chi connectivity index (χ1n) is 13.1. The largest absolute Gasteiger partial charge is 0.493 e. The van der Waals surface area contributed by atoms with Crippen molar-refractivity contribution in [2.75, 3.05) is 26.2 Å². The van der Waals surface area contributed by atoms with E-state index in [1.54, 1.807) is 0 Å². The molecule has 2 aromatic rings. The van der Waals surface area contributed by atoms with Crippen molar-refractivity contribution in [3.63, 3.8) is 0 Å². The van der Waals surface area contributed by atoms with Crippen LogP contribution in [0, 0.1) is 17.3 Å². The summed E-state index contributed by atoms with van der Waals surface area (Å²) in [5.74, 6) is 2.05. The number of piperidine rings is 3. The van der Waals surface area contributed by atoms with E-state index >= 15 is 0 Å². The molecular formula is C29H35ClN2O3. The number of hydrogen-bond donors (Lipinski definition) is 1. The summed E-state index contributed by atoms with van der Waals surface area (Å²) in [6.07, 6.45) is 5.42. The molecule has 5 nitrogen and oxygen atoms in total. The summed E-state index contributed by atoms with van der Waals surface area (Å²) < 4.78 is 11.8. The number of ether oxygens (including phenoxy) is 2. The zero-order valence-corrected chi connectivity index (χ0v) is 21.4.